The number of ether oxygens (including phenoxy) is 4. The summed E-state index contributed by atoms with van der Waals surface area (Å²) in [6.45, 7) is 5.04. The van der Waals surface area contributed by atoms with Gasteiger partial charge in [0.05, 0.1) is 31.0 Å². The van der Waals surface area contributed by atoms with Crippen molar-refractivity contribution < 1.29 is 38.3 Å². The van der Waals surface area contributed by atoms with Crippen LogP contribution >= 0.6 is 0 Å². The van der Waals surface area contributed by atoms with Gasteiger partial charge in [0.2, 0.25) is 0 Å². The van der Waals surface area contributed by atoms with Gasteiger partial charge >= 0.3 is 11.9 Å². The van der Waals surface area contributed by atoms with Crippen molar-refractivity contribution in [1.82, 2.24) is 0 Å². The maximum atomic E-state index is 12.9. The van der Waals surface area contributed by atoms with Gasteiger partial charge in [-0.2, -0.15) is 4.89 Å². The van der Waals surface area contributed by atoms with E-state index in [-0.39, 0.29) is 25.2 Å². The zero-order valence-corrected chi connectivity index (χ0v) is 23.5. The number of unbranched alkanes of at least 4 members (excludes halogenated alkanes) is 2. The molecule has 5 rings (SSSR count). The van der Waals surface area contributed by atoms with E-state index in [2.05, 4.69) is 19.1 Å². The molecule has 2 aliphatic rings. The van der Waals surface area contributed by atoms with E-state index < -0.39 is 24.0 Å². The Morgan fingerprint density at radius 1 is 0.780 bits per heavy atom. The van der Waals surface area contributed by atoms with E-state index in [0.29, 0.717) is 29.4 Å². The maximum Gasteiger partial charge on any atom is 0.343 e. The lowest BCUT2D eigenvalue weighted by atomic mass is 9.97. The lowest BCUT2D eigenvalue weighted by Gasteiger charge is -2.16. The summed E-state index contributed by atoms with van der Waals surface area (Å²) in [4.78, 5) is 36.2. The van der Waals surface area contributed by atoms with Crippen LogP contribution < -0.4 is 14.4 Å². The van der Waals surface area contributed by atoms with Crippen LogP contribution in [0.1, 0.15) is 47.7 Å². The van der Waals surface area contributed by atoms with Gasteiger partial charge in [0.1, 0.15) is 24.0 Å². The van der Waals surface area contributed by atoms with Gasteiger partial charge in [-0.15, -0.1) is 0 Å². The minimum Gasteiger partial charge on any atom is -0.426 e. The molecule has 0 bridgehead atoms. The molecule has 216 valence electrons. The summed E-state index contributed by atoms with van der Waals surface area (Å²) >= 11 is 0. The van der Waals surface area contributed by atoms with E-state index in [9.17, 15) is 9.59 Å². The predicted octanol–water partition coefficient (Wildman–Crippen LogP) is 5.89. The zero-order chi connectivity index (χ0) is 28.6. The molecule has 0 radical (unpaired) electrons. The maximum absolute atomic E-state index is 12.9. The second-order valence-corrected chi connectivity index (χ2v) is 10.6. The Morgan fingerprint density at radius 2 is 1.44 bits per heavy atom. The van der Waals surface area contributed by atoms with Crippen LogP contribution in [0.4, 0.5) is 0 Å². The monoisotopic (exact) mass is 560 g/mol. The Labute approximate surface area is 240 Å². The molecule has 41 heavy (non-hydrogen) atoms. The van der Waals surface area contributed by atoms with Crippen LogP contribution in [0, 0.1) is 18.8 Å². The molecule has 2 aliphatic heterocycles. The van der Waals surface area contributed by atoms with E-state index in [1.807, 2.05) is 31.2 Å². The van der Waals surface area contributed by atoms with Crippen molar-refractivity contribution in [3.63, 3.8) is 0 Å². The average molecular weight is 561 g/mol. The number of hydrogen-bond acceptors (Lipinski definition) is 8. The number of esters is 2. The fourth-order valence-corrected chi connectivity index (χ4v) is 5.03. The Morgan fingerprint density at radius 3 is 2.15 bits per heavy atom. The number of rotatable bonds is 12. The topological polar surface area (TPSA) is 89.5 Å². The summed E-state index contributed by atoms with van der Waals surface area (Å²) in [6.07, 6.45) is 4.00. The van der Waals surface area contributed by atoms with Gasteiger partial charge in [-0.1, -0.05) is 49.6 Å². The lowest BCUT2D eigenvalue weighted by Crippen LogP contribution is -2.34. The molecule has 8 heteroatoms. The van der Waals surface area contributed by atoms with E-state index in [1.165, 1.54) is 24.8 Å². The van der Waals surface area contributed by atoms with Crippen molar-refractivity contribution in [3.05, 3.63) is 89.5 Å². The standard InChI is InChI=1S/C33H36O8/c1-3-4-5-6-23-9-13-28(14-10-23)41-38-20-25-19-36-31-29(21-37-30(25)31)33(35)40-27-17-15-26(16-18-27)39-32(34)24-11-7-22(2)8-12-24/h7-18,25,29-31H,3-6,19-21H2,1-2H3/t25?,29?,30-,31-/m1/s1. The van der Waals surface area contributed by atoms with Crippen molar-refractivity contribution in [1.29, 1.82) is 0 Å². The highest BCUT2D eigenvalue weighted by Crippen LogP contribution is 2.36. The fraction of sp³-hybridized carbons (Fsp3) is 0.394. The van der Waals surface area contributed by atoms with Crippen LogP contribution in [-0.4, -0.2) is 44.0 Å². The molecule has 3 aromatic rings. The molecular weight excluding hydrogens is 524 g/mol. The third-order valence-electron chi connectivity index (χ3n) is 7.43. The molecular formula is C33H36O8. The summed E-state index contributed by atoms with van der Waals surface area (Å²) in [5.74, 6) is -0.160. The summed E-state index contributed by atoms with van der Waals surface area (Å²) in [5.41, 5.74) is 2.80. The molecule has 0 aromatic heterocycles. The van der Waals surface area contributed by atoms with E-state index in [4.69, 9.17) is 28.7 Å². The van der Waals surface area contributed by atoms with Gasteiger partial charge in [-0.25, -0.2) is 4.79 Å². The minimum absolute atomic E-state index is 0.0615. The molecule has 3 aromatic carbocycles. The summed E-state index contributed by atoms with van der Waals surface area (Å²) < 4.78 is 22.8. The SMILES string of the molecule is CCCCCc1ccc(OOCC2CO[C@@H]3C(C(=O)Oc4ccc(OC(=O)c5ccc(C)cc5)cc4)CO[C@H]23)cc1. The molecule has 2 saturated heterocycles. The first kappa shape index (κ1) is 28.8. The second-order valence-electron chi connectivity index (χ2n) is 10.6. The quantitative estimate of drug-likeness (QED) is 0.0890. The average Bonchev–Trinajstić information content (AvgIpc) is 3.58. The molecule has 2 heterocycles. The van der Waals surface area contributed by atoms with Crippen LogP contribution in [0.3, 0.4) is 0 Å². The molecule has 0 saturated carbocycles. The Bertz CT molecular complexity index is 1290. The predicted molar refractivity (Wildman–Crippen MR) is 151 cm³/mol. The largest absolute Gasteiger partial charge is 0.426 e. The molecule has 0 N–H and O–H groups in total. The van der Waals surface area contributed by atoms with Gasteiger partial charge < -0.3 is 23.8 Å². The number of benzene rings is 3. The van der Waals surface area contributed by atoms with Crippen LogP contribution in [0.15, 0.2) is 72.8 Å². The highest BCUT2D eigenvalue weighted by Gasteiger charge is 2.51. The Kier molecular flexibility index (Phi) is 9.67. The van der Waals surface area contributed by atoms with Gasteiger partial charge in [0.15, 0.2) is 5.75 Å². The van der Waals surface area contributed by atoms with Crippen molar-refractivity contribution in [2.24, 2.45) is 11.8 Å². The molecule has 2 fully saturated rings. The van der Waals surface area contributed by atoms with Crippen LogP contribution in [-0.2, 0) is 25.6 Å². The fourth-order valence-electron chi connectivity index (χ4n) is 5.03. The highest BCUT2D eigenvalue weighted by atomic mass is 17.2. The van der Waals surface area contributed by atoms with Crippen molar-refractivity contribution in [2.45, 2.75) is 51.7 Å². The smallest absolute Gasteiger partial charge is 0.343 e. The number of carbonyl (C=O) groups is 2. The first-order valence-corrected chi connectivity index (χ1v) is 14.2. The summed E-state index contributed by atoms with van der Waals surface area (Å²) in [6, 6.07) is 21.4. The third kappa shape index (κ3) is 7.52. The second kappa shape index (κ2) is 13.8. The van der Waals surface area contributed by atoms with Crippen LogP contribution in [0.25, 0.3) is 0 Å². The Balaban J connectivity index is 1.06. The van der Waals surface area contributed by atoms with Gasteiger partial charge in [-0.3, -0.25) is 4.79 Å². The number of aryl methyl sites for hydroxylation is 2. The Hall–Kier alpha value is -3.72. The number of hydrogen-bond donors (Lipinski definition) is 0. The molecule has 2 unspecified atom stereocenters. The van der Waals surface area contributed by atoms with E-state index in [0.717, 1.165) is 12.0 Å². The first-order chi connectivity index (χ1) is 20.0. The number of fused-ring (bicyclic) bond motifs is 1. The van der Waals surface area contributed by atoms with E-state index >= 15 is 0 Å². The molecule has 0 spiro atoms. The van der Waals surface area contributed by atoms with Crippen LogP contribution in [0.2, 0.25) is 0 Å². The van der Waals surface area contributed by atoms with E-state index in [1.54, 1.807) is 36.4 Å². The summed E-state index contributed by atoms with van der Waals surface area (Å²) in [7, 11) is 0. The summed E-state index contributed by atoms with van der Waals surface area (Å²) in [5, 5.41) is 0. The van der Waals surface area contributed by atoms with Gasteiger partial charge in [-0.05, 0) is 73.9 Å². The van der Waals surface area contributed by atoms with Crippen LogP contribution in [0.5, 0.6) is 17.2 Å². The molecule has 0 amide bonds. The highest BCUT2D eigenvalue weighted by molar-refractivity contribution is 5.91. The molecule has 4 atom stereocenters. The first-order valence-electron chi connectivity index (χ1n) is 14.2. The minimum atomic E-state index is -0.551. The molecule has 8 nitrogen and oxygen atoms in total. The van der Waals surface area contributed by atoms with Crippen molar-refractivity contribution in [2.75, 3.05) is 19.8 Å². The van der Waals surface area contributed by atoms with Gasteiger partial charge in [0, 0.05) is 5.92 Å². The number of carbonyl (C=O) groups excluding carboxylic acids is 2. The van der Waals surface area contributed by atoms with Crippen molar-refractivity contribution >= 4 is 11.9 Å². The normalized spacial score (nSPS) is 21.3. The van der Waals surface area contributed by atoms with Crippen molar-refractivity contribution in [3.8, 4) is 17.2 Å². The zero-order valence-electron chi connectivity index (χ0n) is 23.5. The lowest BCUT2D eigenvalue weighted by molar-refractivity contribution is -0.220. The third-order valence-corrected chi connectivity index (χ3v) is 7.43. The molecule has 0 aliphatic carbocycles. The van der Waals surface area contributed by atoms with Gasteiger partial charge in [0.25, 0.3) is 0 Å².